The first-order valence-electron chi connectivity index (χ1n) is 14.4. The highest BCUT2D eigenvalue weighted by atomic mass is 35.5. The normalized spacial score (nSPS) is 20.2. The molecule has 0 saturated carbocycles. The average molecular weight is 617 g/mol. The summed E-state index contributed by atoms with van der Waals surface area (Å²) in [5.41, 5.74) is 3.31. The number of aromatic nitrogens is 3. The Hall–Kier alpha value is -4.64. The molecule has 44 heavy (non-hydrogen) atoms. The monoisotopic (exact) mass is 616 g/mol. The number of piperidine rings is 1. The summed E-state index contributed by atoms with van der Waals surface area (Å²) in [6.45, 7) is 1.48. The highest BCUT2D eigenvalue weighted by Crippen LogP contribution is 2.31. The third-order valence-corrected chi connectivity index (χ3v) is 8.57. The van der Waals surface area contributed by atoms with Crippen LogP contribution in [0.25, 0.3) is 22.0 Å². The van der Waals surface area contributed by atoms with Crippen molar-refractivity contribution in [2.24, 2.45) is 0 Å². The van der Waals surface area contributed by atoms with Gasteiger partial charge in [0.1, 0.15) is 24.8 Å². The van der Waals surface area contributed by atoms with Crippen molar-refractivity contribution in [3.05, 3.63) is 77.7 Å². The zero-order valence-corrected chi connectivity index (χ0v) is 24.7. The van der Waals surface area contributed by atoms with Crippen molar-refractivity contribution in [1.82, 2.24) is 25.0 Å². The van der Waals surface area contributed by atoms with Crippen LogP contribution in [0.2, 0.25) is 5.02 Å². The fourth-order valence-corrected chi connectivity index (χ4v) is 6.32. The number of para-hydroxylation sites is 1. The van der Waals surface area contributed by atoms with Gasteiger partial charge < -0.3 is 19.7 Å². The van der Waals surface area contributed by atoms with E-state index < -0.39 is 30.1 Å². The van der Waals surface area contributed by atoms with E-state index in [1.807, 2.05) is 24.3 Å². The minimum Gasteiger partial charge on any atom is -0.342 e. The zero-order chi connectivity index (χ0) is 31.0. The van der Waals surface area contributed by atoms with Crippen LogP contribution in [-0.4, -0.2) is 74.5 Å². The molecule has 2 saturated heterocycles. The third kappa shape index (κ3) is 5.67. The fourth-order valence-electron chi connectivity index (χ4n) is 6.08. The summed E-state index contributed by atoms with van der Waals surface area (Å²) in [5.74, 6) is -1.51. The van der Waals surface area contributed by atoms with Gasteiger partial charge in [0.2, 0.25) is 17.7 Å². The highest BCUT2D eigenvalue weighted by molar-refractivity contribution is 6.33. The summed E-state index contributed by atoms with van der Waals surface area (Å²) in [4.78, 5) is 55.6. The second-order valence-corrected chi connectivity index (χ2v) is 11.5. The molecule has 0 spiro atoms. The van der Waals surface area contributed by atoms with E-state index >= 15 is 0 Å². The van der Waals surface area contributed by atoms with E-state index in [1.54, 1.807) is 52.3 Å². The Bertz CT molecular complexity index is 1760. The van der Waals surface area contributed by atoms with Crippen LogP contribution < -0.4 is 10.2 Å². The molecule has 4 aromatic rings. The topological polar surface area (TPSA) is 118 Å². The molecule has 0 bridgehead atoms. The maximum absolute atomic E-state index is 14.7. The van der Waals surface area contributed by atoms with Gasteiger partial charge in [-0.2, -0.15) is 10.2 Å². The van der Waals surface area contributed by atoms with E-state index in [4.69, 9.17) is 11.6 Å². The Balaban J connectivity index is 1.20. The lowest BCUT2D eigenvalue weighted by molar-refractivity contribution is -0.139. The predicted octanol–water partition coefficient (Wildman–Crippen LogP) is 4.21. The van der Waals surface area contributed by atoms with E-state index in [9.17, 15) is 23.6 Å². The molecule has 2 aromatic carbocycles. The molecular formula is C32H30ClFN6O4. The molecule has 6 rings (SSSR count). The van der Waals surface area contributed by atoms with Gasteiger partial charge in [0.05, 0.1) is 29.6 Å². The summed E-state index contributed by atoms with van der Waals surface area (Å²) in [5, 5.41) is 11.6. The third-order valence-electron chi connectivity index (χ3n) is 8.25. The molecule has 1 N–H and O–H groups in total. The quantitative estimate of drug-likeness (QED) is 0.311. The predicted molar refractivity (Wildman–Crippen MR) is 163 cm³/mol. The maximum atomic E-state index is 14.7. The minimum absolute atomic E-state index is 0.166. The molecule has 2 aliphatic heterocycles. The first-order valence-corrected chi connectivity index (χ1v) is 14.8. The number of fused-ring (bicyclic) bond motifs is 1. The van der Waals surface area contributed by atoms with Gasteiger partial charge in [-0.25, -0.2) is 4.39 Å². The SMILES string of the molecule is CC(=O)c1cn(CC(=O)N2CC(F)CC2C(=O)NC2CCCN(c3ccccc3Cl)C2=O)c2ccc(-c3ccnnc3)cc12. The van der Waals surface area contributed by atoms with Crippen LogP contribution in [0.15, 0.2) is 67.1 Å². The van der Waals surface area contributed by atoms with E-state index in [1.165, 1.54) is 11.8 Å². The summed E-state index contributed by atoms with van der Waals surface area (Å²) in [6.07, 6.45) is 4.32. The molecule has 3 amide bonds. The number of carbonyl (C=O) groups excluding carboxylic acids is 4. The van der Waals surface area contributed by atoms with Gasteiger partial charge in [-0.05, 0) is 55.7 Å². The Morgan fingerprint density at radius 3 is 2.66 bits per heavy atom. The van der Waals surface area contributed by atoms with Crippen molar-refractivity contribution < 1.29 is 23.6 Å². The van der Waals surface area contributed by atoms with Gasteiger partial charge in [-0.3, -0.25) is 19.2 Å². The number of halogens is 2. The summed E-state index contributed by atoms with van der Waals surface area (Å²) in [6, 6.07) is 12.5. The van der Waals surface area contributed by atoms with Crippen LogP contribution in [0.1, 0.15) is 36.5 Å². The number of likely N-dealkylation sites (tertiary alicyclic amines) is 1. The van der Waals surface area contributed by atoms with Gasteiger partial charge in [-0.15, -0.1) is 0 Å². The number of benzene rings is 2. The van der Waals surface area contributed by atoms with Crippen LogP contribution in [0.3, 0.4) is 0 Å². The number of ketones is 1. The number of amides is 3. The van der Waals surface area contributed by atoms with Gasteiger partial charge in [0, 0.05) is 41.2 Å². The molecule has 3 unspecified atom stereocenters. The fraction of sp³-hybridized carbons (Fsp3) is 0.312. The lowest BCUT2D eigenvalue weighted by atomic mass is 10.0. The molecule has 4 heterocycles. The van der Waals surface area contributed by atoms with Crippen molar-refractivity contribution in [3.8, 4) is 11.1 Å². The van der Waals surface area contributed by atoms with Gasteiger partial charge in [0.15, 0.2) is 5.78 Å². The largest absolute Gasteiger partial charge is 0.342 e. The van der Waals surface area contributed by atoms with Gasteiger partial charge >= 0.3 is 0 Å². The lowest BCUT2D eigenvalue weighted by Crippen LogP contribution is -2.56. The first-order chi connectivity index (χ1) is 21.2. The molecule has 2 fully saturated rings. The Morgan fingerprint density at radius 1 is 1.09 bits per heavy atom. The number of Topliss-reactive ketones (excluding diaryl/α,β-unsaturated/α-hetero) is 1. The van der Waals surface area contributed by atoms with Crippen molar-refractivity contribution >= 4 is 51.7 Å². The summed E-state index contributed by atoms with van der Waals surface area (Å²) < 4.78 is 16.4. The average Bonchev–Trinajstić information content (AvgIpc) is 3.59. The lowest BCUT2D eigenvalue weighted by Gasteiger charge is -2.34. The molecule has 2 aliphatic rings. The number of anilines is 1. The van der Waals surface area contributed by atoms with Gasteiger partial charge in [0.25, 0.3) is 0 Å². The number of alkyl halides is 1. The summed E-state index contributed by atoms with van der Waals surface area (Å²) in [7, 11) is 0. The van der Waals surface area contributed by atoms with Crippen LogP contribution in [0, 0.1) is 0 Å². The molecule has 10 nitrogen and oxygen atoms in total. The number of rotatable bonds is 7. The van der Waals surface area contributed by atoms with Crippen molar-refractivity contribution in [2.45, 2.75) is 51.0 Å². The van der Waals surface area contributed by atoms with E-state index in [2.05, 4.69) is 15.5 Å². The molecular weight excluding hydrogens is 587 g/mol. The maximum Gasteiger partial charge on any atom is 0.249 e. The van der Waals surface area contributed by atoms with Gasteiger partial charge in [-0.1, -0.05) is 29.8 Å². The second-order valence-electron chi connectivity index (χ2n) is 11.1. The smallest absolute Gasteiger partial charge is 0.249 e. The molecule has 12 heteroatoms. The van der Waals surface area contributed by atoms with Crippen molar-refractivity contribution in [2.75, 3.05) is 18.0 Å². The van der Waals surface area contributed by atoms with Crippen LogP contribution >= 0.6 is 11.6 Å². The van der Waals surface area contributed by atoms with E-state index in [0.717, 1.165) is 11.1 Å². The number of carbonyl (C=O) groups is 4. The van der Waals surface area contributed by atoms with Crippen LogP contribution in [-0.2, 0) is 20.9 Å². The van der Waals surface area contributed by atoms with Crippen molar-refractivity contribution in [3.63, 3.8) is 0 Å². The number of hydrogen-bond acceptors (Lipinski definition) is 6. The van der Waals surface area contributed by atoms with E-state index in [-0.39, 0.29) is 31.2 Å². The first kappa shape index (κ1) is 29.4. The number of nitrogens with one attached hydrogen (secondary N) is 1. The van der Waals surface area contributed by atoms with Crippen molar-refractivity contribution in [1.29, 1.82) is 0 Å². The van der Waals surface area contributed by atoms with Crippen LogP contribution in [0.4, 0.5) is 10.1 Å². The second kappa shape index (κ2) is 12.2. The zero-order valence-electron chi connectivity index (χ0n) is 24.0. The highest BCUT2D eigenvalue weighted by Gasteiger charge is 2.42. The number of nitrogens with zero attached hydrogens (tertiary/aromatic N) is 5. The molecule has 3 atom stereocenters. The Kier molecular flexibility index (Phi) is 8.13. The molecule has 0 aliphatic carbocycles. The van der Waals surface area contributed by atoms with E-state index in [0.29, 0.717) is 46.6 Å². The minimum atomic E-state index is -1.39. The standard InChI is InChI=1S/C32H30ClFN6O4/c1-19(41)24-17-38(27-9-8-20(13-23(24)27)21-10-11-35-36-15-21)18-30(42)40-16-22(34)14-29(40)31(43)37-26-6-4-12-39(32(26)44)28-7-3-2-5-25(28)33/h2-3,5,7-11,13,15,17,22,26,29H,4,6,12,14,16,18H2,1H3,(H,37,43). The summed E-state index contributed by atoms with van der Waals surface area (Å²) >= 11 is 6.31. The molecule has 0 radical (unpaired) electrons. The molecule has 2 aromatic heterocycles. The number of hydrogen-bond donors (Lipinski definition) is 1. The van der Waals surface area contributed by atoms with Crippen LogP contribution in [0.5, 0.6) is 0 Å². The molecule has 226 valence electrons. The Morgan fingerprint density at radius 2 is 1.91 bits per heavy atom. The Labute approximate surface area is 257 Å².